The van der Waals surface area contributed by atoms with E-state index in [1.54, 1.807) is 0 Å². The number of nitrogens with one attached hydrogen (secondary N) is 2. The summed E-state index contributed by atoms with van der Waals surface area (Å²) < 4.78 is 0. The van der Waals surface area contributed by atoms with Gasteiger partial charge in [0.2, 0.25) is 5.91 Å². The van der Waals surface area contributed by atoms with Gasteiger partial charge in [0.15, 0.2) is 0 Å². The number of nitrogens with zero attached hydrogens (tertiary/aromatic N) is 1. The molecule has 0 saturated carbocycles. The van der Waals surface area contributed by atoms with Crippen LogP contribution >= 0.6 is 0 Å². The van der Waals surface area contributed by atoms with Gasteiger partial charge in [-0.25, -0.2) is 4.79 Å². The number of carbonyl (C=O) groups is 2. The molecule has 5 nitrogen and oxygen atoms in total. The maximum Gasteiger partial charge on any atom is 0.321 e. The van der Waals surface area contributed by atoms with E-state index in [9.17, 15) is 9.59 Å². The zero-order valence-electron chi connectivity index (χ0n) is 16.7. The van der Waals surface area contributed by atoms with Crippen LogP contribution in [0.2, 0.25) is 0 Å². The lowest BCUT2D eigenvalue weighted by Gasteiger charge is -2.31. The summed E-state index contributed by atoms with van der Waals surface area (Å²) in [7, 11) is 0. The number of hydrogen-bond donors (Lipinski definition) is 2. The Kier molecular flexibility index (Phi) is 6.69. The fourth-order valence-electron chi connectivity index (χ4n) is 3.49. The van der Waals surface area contributed by atoms with Crippen molar-refractivity contribution in [3.05, 3.63) is 65.2 Å². The number of amides is 3. The number of likely N-dealkylation sites (tertiary alicyclic amines) is 1. The van der Waals surface area contributed by atoms with Crippen LogP contribution in [0, 0.1) is 19.8 Å². The lowest BCUT2D eigenvalue weighted by molar-refractivity contribution is -0.122. The zero-order chi connectivity index (χ0) is 19.9. The Morgan fingerprint density at radius 3 is 2.39 bits per heavy atom. The molecule has 28 heavy (non-hydrogen) atoms. The predicted molar refractivity (Wildman–Crippen MR) is 112 cm³/mol. The van der Waals surface area contributed by atoms with Crippen LogP contribution in [-0.2, 0) is 11.3 Å². The highest BCUT2D eigenvalue weighted by atomic mass is 16.2. The molecule has 0 radical (unpaired) electrons. The van der Waals surface area contributed by atoms with E-state index in [1.807, 2.05) is 60.4 Å². The molecule has 0 aliphatic carbocycles. The van der Waals surface area contributed by atoms with Crippen LogP contribution in [0.4, 0.5) is 10.5 Å². The molecule has 0 aromatic heterocycles. The molecule has 1 aliphatic rings. The van der Waals surface area contributed by atoms with Gasteiger partial charge in [-0.15, -0.1) is 0 Å². The minimum absolute atomic E-state index is 0.0600. The van der Waals surface area contributed by atoms with E-state index in [0.29, 0.717) is 32.0 Å². The van der Waals surface area contributed by atoms with E-state index in [-0.39, 0.29) is 11.9 Å². The highest BCUT2D eigenvalue weighted by Gasteiger charge is 2.24. The third kappa shape index (κ3) is 5.59. The fraction of sp³-hybridized carbons (Fsp3) is 0.391. The fourth-order valence-corrected chi connectivity index (χ4v) is 3.49. The van der Waals surface area contributed by atoms with E-state index in [1.165, 1.54) is 5.56 Å². The van der Waals surface area contributed by atoms with Crippen LogP contribution in [0.1, 0.15) is 36.0 Å². The molecule has 0 bridgehead atoms. The molecular formula is C23H29N3O2. The molecule has 3 amide bonds. The summed E-state index contributed by atoms with van der Waals surface area (Å²) in [5.41, 5.74) is 4.31. The first-order valence-corrected chi connectivity index (χ1v) is 9.95. The van der Waals surface area contributed by atoms with E-state index in [4.69, 9.17) is 0 Å². The van der Waals surface area contributed by atoms with Gasteiger partial charge < -0.3 is 15.5 Å². The van der Waals surface area contributed by atoms with E-state index in [2.05, 4.69) is 17.6 Å². The topological polar surface area (TPSA) is 61.4 Å². The monoisotopic (exact) mass is 379 g/mol. The minimum atomic E-state index is -0.0600. The van der Waals surface area contributed by atoms with Crippen LogP contribution in [-0.4, -0.2) is 29.9 Å². The van der Waals surface area contributed by atoms with Crippen molar-refractivity contribution < 1.29 is 9.59 Å². The first-order valence-electron chi connectivity index (χ1n) is 9.95. The molecule has 1 fully saturated rings. The molecular weight excluding hydrogens is 350 g/mol. The zero-order valence-corrected chi connectivity index (χ0v) is 16.7. The second kappa shape index (κ2) is 9.40. The van der Waals surface area contributed by atoms with E-state index < -0.39 is 0 Å². The first-order chi connectivity index (χ1) is 13.5. The standard InChI is InChI=1S/C23H29N3O2/c1-17-8-9-21(14-18(17)2)25-23(28)26-12-10-19(11-13-26)15-22(27)24-16-20-6-4-3-5-7-20/h3-9,14,19H,10-13,15-16H2,1-2H3,(H,24,27)(H,25,28). The second-order valence-corrected chi connectivity index (χ2v) is 7.63. The van der Waals surface area contributed by atoms with Crippen molar-refractivity contribution in [1.82, 2.24) is 10.2 Å². The number of hydrogen-bond acceptors (Lipinski definition) is 2. The number of rotatable bonds is 5. The Balaban J connectivity index is 1.40. The number of aryl methyl sites for hydroxylation is 2. The Hall–Kier alpha value is -2.82. The summed E-state index contributed by atoms with van der Waals surface area (Å²) in [6.07, 6.45) is 2.25. The Bertz CT molecular complexity index is 812. The molecule has 5 heteroatoms. The predicted octanol–water partition coefficient (Wildman–Crippen LogP) is 4.25. The van der Waals surface area contributed by atoms with Gasteiger partial charge in [0.1, 0.15) is 0 Å². The molecule has 0 atom stereocenters. The Morgan fingerprint density at radius 1 is 1.00 bits per heavy atom. The summed E-state index contributed by atoms with van der Waals surface area (Å²) in [6.45, 7) is 6.04. The number of urea groups is 1. The lowest BCUT2D eigenvalue weighted by Crippen LogP contribution is -2.41. The smallest absolute Gasteiger partial charge is 0.321 e. The Labute approximate surface area is 167 Å². The molecule has 1 heterocycles. The highest BCUT2D eigenvalue weighted by molar-refractivity contribution is 5.89. The van der Waals surface area contributed by atoms with Gasteiger partial charge in [-0.3, -0.25) is 4.79 Å². The van der Waals surface area contributed by atoms with Gasteiger partial charge in [-0.05, 0) is 61.4 Å². The SMILES string of the molecule is Cc1ccc(NC(=O)N2CCC(CC(=O)NCc3ccccc3)CC2)cc1C. The third-order valence-electron chi connectivity index (χ3n) is 5.47. The van der Waals surface area contributed by atoms with Crippen molar-refractivity contribution in [2.45, 2.75) is 39.7 Å². The van der Waals surface area contributed by atoms with Crippen molar-refractivity contribution in [3.8, 4) is 0 Å². The number of anilines is 1. The van der Waals surface area contributed by atoms with Gasteiger partial charge in [0.05, 0.1) is 0 Å². The summed E-state index contributed by atoms with van der Waals surface area (Å²) in [5.74, 6) is 0.420. The van der Waals surface area contributed by atoms with Gasteiger partial charge >= 0.3 is 6.03 Å². The number of carbonyl (C=O) groups excluding carboxylic acids is 2. The van der Waals surface area contributed by atoms with Crippen molar-refractivity contribution in [1.29, 1.82) is 0 Å². The van der Waals surface area contributed by atoms with Crippen LogP contribution in [0.5, 0.6) is 0 Å². The summed E-state index contributed by atoms with van der Waals surface area (Å²) in [4.78, 5) is 26.5. The van der Waals surface area contributed by atoms with Gasteiger partial charge in [0, 0.05) is 31.7 Å². The minimum Gasteiger partial charge on any atom is -0.352 e. The van der Waals surface area contributed by atoms with Gasteiger partial charge in [-0.1, -0.05) is 36.4 Å². The van der Waals surface area contributed by atoms with E-state index >= 15 is 0 Å². The van der Waals surface area contributed by atoms with Crippen LogP contribution in [0.25, 0.3) is 0 Å². The van der Waals surface area contributed by atoms with Crippen LogP contribution in [0.3, 0.4) is 0 Å². The van der Waals surface area contributed by atoms with Crippen LogP contribution in [0.15, 0.2) is 48.5 Å². The summed E-state index contributed by atoms with van der Waals surface area (Å²) in [6, 6.07) is 15.8. The first kappa shape index (κ1) is 19.9. The summed E-state index contributed by atoms with van der Waals surface area (Å²) in [5, 5.41) is 5.97. The van der Waals surface area contributed by atoms with E-state index in [0.717, 1.165) is 29.7 Å². The molecule has 0 unspecified atom stereocenters. The molecule has 2 aromatic rings. The maximum absolute atomic E-state index is 12.5. The second-order valence-electron chi connectivity index (χ2n) is 7.63. The van der Waals surface area contributed by atoms with Gasteiger partial charge in [0.25, 0.3) is 0 Å². The number of piperidine rings is 1. The number of benzene rings is 2. The molecule has 2 N–H and O–H groups in total. The van der Waals surface area contributed by atoms with Crippen molar-refractivity contribution in [2.75, 3.05) is 18.4 Å². The van der Waals surface area contributed by atoms with Crippen molar-refractivity contribution >= 4 is 17.6 Å². The quantitative estimate of drug-likeness (QED) is 0.816. The molecule has 3 rings (SSSR count). The molecule has 1 saturated heterocycles. The van der Waals surface area contributed by atoms with Crippen LogP contribution < -0.4 is 10.6 Å². The van der Waals surface area contributed by atoms with Crippen molar-refractivity contribution in [2.24, 2.45) is 5.92 Å². The maximum atomic E-state index is 12.5. The third-order valence-corrected chi connectivity index (χ3v) is 5.47. The average molecular weight is 380 g/mol. The summed E-state index contributed by atoms with van der Waals surface area (Å²) >= 11 is 0. The van der Waals surface area contributed by atoms with Crippen molar-refractivity contribution in [3.63, 3.8) is 0 Å². The molecule has 148 valence electrons. The Morgan fingerprint density at radius 2 is 1.71 bits per heavy atom. The average Bonchev–Trinajstić information content (AvgIpc) is 2.70. The lowest BCUT2D eigenvalue weighted by atomic mass is 9.93. The highest BCUT2D eigenvalue weighted by Crippen LogP contribution is 2.22. The normalized spacial score (nSPS) is 14.6. The molecule has 1 aliphatic heterocycles. The molecule has 0 spiro atoms. The van der Waals surface area contributed by atoms with Gasteiger partial charge in [-0.2, -0.15) is 0 Å². The largest absolute Gasteiger partial charge is 0.352 e. The molecule has 2 aromatic carbocycles.